The van der Waals surface area contributed by atoms with Crippen molar-refractivity contribution in [3.63, 3.8) is 0 Å². The van der Waals surface area contributed by atoms with Gasteiger partial charge in [0.2, 0.25) is 0 Å². The third-order valence-electron chi connectivity index (χ3n) is 6.95. The molecule has 134 valence electrons. The lowest BCUT2D eigenvalue weighted by Gasteiger charge is -2.46. The zero-order valence-corrected chi connectivity index (χ0v) is 16.2. The van der Waals surface area contributed by atoms with Crippen LogP contribution in [0, 0.1) is 0 Å². The molecule has 2 aliphatic carbocycles. The lowest BCUT2D eigenvalue weighted by molar-refractivity contribution is 0.566. The van der Waals surface area contributed by atoms with Crippen molar-refractivity contribution in [2.75, 3.05) is 0 Å². The highest BCUT2D eigenvalue weighted by Crippen LogP contribution is 2.62. The van der Waals surface area contributed by atoms with Crippen LogP contribution in [0.15, 0.2) is 97.1 Å². The minimum absolute atomic E-state index is 0.0255. The molecule has 0 heterocycles. The molecule has 4 aromatic carbocycles. The molecule has 0 heteroatoms. The van der Waals surface area contributed by atoms with Crippen LogP contribution in [0.1, 0.15) is 47.2 Å². The summed E-state index contributed by atoms with van der Waals surface area (Å²) >= 11 is 0. The Bertz CT molecular complexity index is 1230. The summed E-state index contributed by atoms with van der Waals surface area (Å²) in [5, 5.41) is 0. The van der Waals surface area contributed by atoms with Crippen molar-refractivity contribution < 1.29 is 0 Å². The van der Waals surface area contributed by atoms with Gasteiger partial charge in [-0.05, 0) is 44.5 Å². The molecule has 6 rings (SSSR count). The van der Waals surface area contributed by atoms with E-state index in [2.05, 4.69) is 111 Å². The van der Waals surface area contributed by atoms with Crippen molar-refractivity contribution in [2.24, 2.45) is 0 Å². The van der Waals surface area contributed by atoms with Crippen molar-refractivity contribution in [1.29, 1.82) is 0 Å². The van der Waals surface area contributed by atoms with Crippen LogP contribution in [0.5, 0.6) is 0 Å². The summed E-state index contributed by atoms with van der Waals surface area (Å²) in [4.78, 5) is 0. The summed E-state index contributed by atoms with van der Waals surface area (Å²) in [6.07, 6.45) is 0. The number of rotatable bonds is 1. The van der Waals surface area contributed by atoms with Crippen LogP contribution < -0.4 is 0 Å². The number of fused-ring (bicyclic) bond motifs is 5. The molecule has 0 spiro atoms. The van der Waals surface area contributed by atoms with E-state index in [4.69, 9.17) is 0 Å². The lowest BCUT2D eigenvalue weighted by atomic mass is 9.56. The average molecular weight is 358 g/mol. The third kappa shape index (κ3) is 1.67. The molecule has 0 saturated heterocycles. The minimum Gasteiger partial charge on any atom is -0.0622 e. The first kappa shape index (κ1) is 15.9. The average Bonchev–Trinajstić information content (AvgIpc) is 3.05. The molecule has 28 heavy (non-hydrogen) atoms. The Kier molecular flexibility index (Phi) is 2.97. The van der Waals surface area contributed by atoms with Gasteiger partial charge in [-0.1, -0.05) is 111 Å². The zero-order chi connectivity index (χ0) is 18.9. The van der Waals surface area contributed by atoms with E-state index in [9.17, 15) is 0 Å². The van der Waals surface area contributed by atoms with Crippen molar-refractivity contribution in [3.05, 3.63) is 130 Å². The number of hydrogen-bond donors (Lipinski definition) is 0. The fourth-order valence-electron chi connectivity index (χ4n) is 5.80. The van der Waals surface area contributed by atoms with Crippen LogP contribution in [0.25, 0.3) is 11.1 Å². The molecule has 4 aromatic rings. The van der Waals surface area contributed by atoms with E-state index in [1.54, 1.807) is 0 Å². The summed E-state index contributed by atoms with van der Waals surface area (Å²) < 4.78 is 0. The van der Waals surface area contributed by atoms with Gasteiger partial charge in [0.1, 0.15) is 0 Å². The first-order valence-electron chi connectivity index (χ1n) is 10.1. The van der Waals surface area contributed by atoms with Crippen LogP contribution in [-0.2, 0) is 10.8 Å². The van der Waals surface area contributed by atoms with E-state index in [-0.39, 0.29) is 10.8 Å². The second kappa shape index (κ2) is 5.23. The van der Waals surface area contributed by atoms with Gasteiger partial charge in [-0.15, -0.1) is 0 Å². The second-order valence-electron chi connectivity index (χ2n) is 8.56. The summed E-state index contributed by atoms with van der Waals surface area (Å²) in [5.74, 6) is 0. The molecular weight excluding hydrogens is 336 g/mol. The minimum atomic E-state index is -0.240. The predicted octanol–water partition coefficient (Wildman–Crippen LogP) is 6.69. The number of benzene rings is 4. The quantitative estimate of drug-likeness (QED) is 0.313. The van der Waals surface area contributed by atoms with Crippen LogP contribution in [0.4, 0.5) is 0 Å². The van der Waals surface area contributed by atoms with E-state index in [1.807, 2.05) is 0 Å². The highest BCUT2D eigenvalue weighted by atomic mass is 14.5. The monoisotopic (exact) mass is 358 g/mol. The standard InChI is InChI=1S/C28H22/c1-27(2)23-16-8-9-17-24(23)28(19-11-4-3-5-12-19)22-15-7-6-13-20(22)21-14-10-18-25(27)26(21)28/h3-18H,1-2H3. The van der Waals surface area contributed by atoms with E-state index in [1.165, 1.54) is 44.5 Å². The van der Waals surface area contributed by atoms with E-state index in [0.29, 0.717) is 0 Å². The van der Waals surface area contributed by atoms with Crippen LogP contribution in [0.2, 0.25) is 0 Å². The van der Waals surface area contributed by atoms with Crippen LogP contribution >= 0.6 is 0 Å². The first-order valence-corrected chi connectivity index (χ1v) is 10.1. The predicted molar refractivity (Wildman–Crippen MR) is 116 cm³/mol. The Balaban J connectivity index is 1.91. The smallest absolute Gasteiger partial charge is 0.0622 e. The molecule has 0 amide bonds. The fourth-order valence-corrected chi connectivity index (χ4v) is 5.80. The molecule has 0 radical (unpaired) electrons. The maximum Gasteiger partial charge on any atom is 0.0719 e. The van der Waals surface area contributed by atoms with Gasteiger partial charge in [-0.2, -0.15) is 0 Å². The Morgan fingerprint density at radius 1 is 0.464 bits per heavy atom. The molecule has 1 atom stereocenters. The molecule has 0 nitrogen and oxygen atoms in total. The SMILES string of the molecule is CC1(C)c2ccccc2C2(c3ccccc3)c3ccccc3-c3cccc1c32. The van der Waals surface area contributed by atoms with Crippen molar-refractivity contribution in [1.82, 2.24) is 0 Å². The third-order valence-corrected chi connectivity index (χ3v) is 6.95. The van der Waals surface area contributed by atoms with Gasteiger partial charge in [-0.3, -0.25) is 0 Å². The molecule has 0 N–H and O–H groups in total. The summed E-state index contributed by atoms with van der Waals surface area (Å²) in [6, 6.07) is 36.0. The second-order valence-corrected chi connectivity index (χ2v) is 8.56. The molecule has 0 saturated carbocycles. The molecule has 0 aromatic heterocycles. The highest BCUT2D eigenvalue weighted by Gasteiger charge is 2.53. The lowest BCUT2D eigenvalue weighted by Crippen LogP contribution is -2.40. The van der Waals surface area contributed by atoms with Gasteiger partial charge in [0.25, 0.3) is 0 Å². The topological polar surface area (TPSA) is 0 Å². The molecule has 2 aliphatic rings. The molecule has 0 fully saturated rings. The normalized spacial score (nSPS) is 20.2. The van der Waals surface area contributed by atoms with Crippen LogP contribution in [0.3, 0.4) is 0 Å². The van der Waals surface area contributed by atoms with Gasteiger partial charge >= 0.3 is 0 Å². The summed E-state index contributed by atoms with van der Waals surface area (Å²) in [5.41, 5.74) is 11.0. The highest BCUT2D eigenvalue weighted by molar-refractivity contribution is 5.89. The molecular formula is C28H22. The van der Waals surface area contributed by atoms with E-state index < -0.39 is 0 Å². The Hall–Kier alpha value is -3.12. The van der Waals surface area contributed by atoms with Crippen molar-refractivity contribution >= 4 is 0 Å². The van der Waals surface area contributed by atoms with Gasteiger partial charge < -0.3 is 0 Å². The fraction of sp³-hybridized carbons (Fsp3) is 0.143. The number of hydrogen-bond acceptors (Lipinski definition) is 0. The van der Waals surface area contributed by atoms with E-state index in [0.717, 1.165) is 0 Å². The largest absolute Gasteiger partial charge is 0.0719 e. The molecule has 0 bridgehead atoms. The maximum atomic E-state index is 2.37. The van der Waals surface area contributed by atoms with Gasteiger partial charge in [-0.25, -0.2) is 0 Å². The van der Waals surface area contributed by atoms with Gasteiger partial charge in [0, 0.05) is 5.41 Å². The Morgan fingerprint density at radius 3 is 1.82 bits per heavy atom. The summed E-state index contributed by atoms with van der Waals surface area (Å²) in [7, 11) is 0. The van der Waals surface area contributed by atoms with Crippen molar-refractivity contribution in [2.45, 2.75) is 24.7 Å². The zero-order valence-electron chi connectivity index (χ0n) is 16.2. The Morgan fingerprint density at radius 2 is 1.04 bits per heavy atom. The Labute approximate surface area is 166 Å². The van der Waals surface area contributed by atoms with E-state index >= 15 is 0 Å². The maximum absolute atomic E-state index is 2.37. The van der Waals surface area contributed by atoms with Crippen molar-refractivity contribution in [3.8, 4) is 11.1 Å². The van der Waals surface area contributed by atoms with Gasteiger partial charge in [0.05, 0.1) is 5.41 Å². The first-order chi connectivity index (χ1) is 13.7. The molecule has 0 aliphatic heterocycles. The molecule has 1 unspecified atom stereocenters. The van der Waals surface area contributed by atoms with Crippen LogP contribution in [-0.4, -0.2) is 0 Å². The van der Waals surface area contributed by atoms with Gasteiger partial charge in [0.15, 0.2) is 0 Å². The summed E-state index contributed by atoms with van der Waals surface area (Å²) in [6.45, 7) is 4.75.